The third-order valence-corrected chi connectivity index (χ3v) is 6.32. The van der Waals surface area contributed by atoms with Crippen molar-refractivity contribution in [3.8, 4) is 22.5 Å². The predicted molar refractivity (Wildman–Crippen MR) is 111 cm³/mol. The summed E-state index contributed by atoms with van der Waals surface area (Å²) in [4.78, 5) is 0. The molecule has 1 aliphatic rings. The highest BCUT2D eigenvalue weighted by Crippen LogP contribution is 2.51. The maximum absolute atomic E-state index is 4.55. The summed E-state index contributed by atoms with van der Waals surface area (Å²) in [5.41, 5.74) is 6.48. The fourth-order valence-corrected chi connectivity index (χ4v) is 5.11. The van der Waals surface area contributed by atoms with Gasteiger partial charge in [-0.15, -0.1) is 10.2 Å². The molecule has 0 bridgehead atoms. The topological polar surface area (TPSA) is 30.7 Å². The van der Waals surface area contributed by atoms with E-state index in [1.165, 1.54) is 22.3 Å². The average Bonchev–Trinajstić information content (AvgIpc) is 3.29. The zero-order chi connectivity index (χ0) is 18.2. The van der Waals surface area contributed by atoms with Gasteiger partial charge in [-0.05, 0) is 29.2 Å². The van der Waals surface area contributed by atoms with Crippen LogP contribution in [-0.4, -0.2) is 14.8 Å². The molecule has 0 unspecified atom stereocenters. The molecule has 27 heavy (non-hydrogen) atoms. The van der Waals surface area contributed by atoms with Gasteiger partial charge in [-0.2, -0.15) is 0 Å². The van der Waals surface area contributed by atoms with Crippen LogP contribution in [0.5, 0.6) is 0 Å². The number of hydrogen-bond acceptors (Lipinski definition) is 3. The lowest BCUT2D eigenvalue weighted by Gasteiger charge is -2.14. The SMILES string of the molecule is CCn1c(SC2c3ccccc3-c3ccccc32)nnc1-c1ccccc1. The number of benzene rings is 3. The second-order valence-corrected chi connectivity index (χ2v) is 7.66. The lowest BCUT2D eigenvalue weighted by Crippen LogP contribution is -2.01. The van der Waals surface area contributed by atoms with E-state index in [0.29, 0.717) is 0 Å². The number of fused-ring (bicyclic) bond motifs is 3. The summed E-state index contributed by atoms with van der Waals surface area (Å²) in [5.74, 6) is 0.931. The van der Waals surface area contributed by atoms with Crippen molar-refractivity contribution >= 4 is 11.8 Å². The Morgan fingerprint density at radius 2 is 1.37 bits per heavy atom. The molecule has 1 aliphatic carbocycles. The first-order valence-electron chi connectivity index (χ1n) is 9.20. The maximum atomic E-state index is 4.55. The Morgan fingerprint density at radius 3 is 2.00 bits per heavy atom. The zero-order valence-corrected chi connectivity index (χ0v) is 15.9. The van der Waals surface area contributed by atoms with E-state index in [1.807, 2.05) is 18.2 Å². The molecule has 4 heteroatoms. The number of rotatable bonds is 4. The molecule has 3 aromatic carbocycles. The molecule has 0 amide bonds. The molecule has 0 spiro atoms. The van der Waals surface area contributed by atoms with Crippen molar-refractivity contribution in [3.05, 3.63) is 90.0 Å². The first-order valence-corrected chi connectivity index (χ1v) is 10.1. The van der Waals surface area contributed by atoms with Gasteiger partial charge in [-0.3, -0.25) is 0 Å². The van der Waals surface area contributed by atoms with Gasteiger partial charge in [0.15, 0.2) is 11.0 Å². The molecule has 0 aliphatic heterocycles. The fourth-order valence-electron chi connectivity index (χ4n) is 3.80. The average molecular weight is 369 g/mol. The van der Waals surface area contributed by atoms with Crippen LogP contribution in [0.1, 0.15) is 23.3 Å². The second-order valence-electron chi connectivity index (χ2n) is 6.59. The molecule has 5 rings (SSSR count). The Morgan fingerprint density at radius 1 is 0.778 bits per heavy atom. The van der Waals surface area contributed by atoms with Crippen LogP contribution >= 0.6 is 11.8 Å². The normalized spacial score (nSPS) is 12.8. The molecule has 0 saturated heterocycles. The van der Waals surface area contributed by atoms with Crippen molar-refractivity contribution < 1.29 is 0 Å². The second kappa shape index (κ2) is 6.71. The summed E-state index contributed by atoms with van der Waals surface area (Å²) in [6.07, 6.45) is 0. The van der Waals surface area contributed by atoms with Gasteiger partial charge in [0.25, 0.3) is 0 Å². The molecule has 1 aromatic heterocycles. The largest absolute Gasteiger partial charge is 0.302 e. The standard InChI is InChI=1S/C23H19N3S/c1-2-26-22(16-10-4-3-5-11-16)24-25-23(26)27-21-19-14-8-6-12-17(19)18-13-7-9-15-20(18)21/h3-15,21H,2H2,1H3. The van der Waals surface area contributed by atoms with Crippen LogP contribution in [0.4, 0.5) is 0 Å². The van der Waals surface area contributed by atoms with Gasteiger partial charge in [0.1, 0.15) is 0 Å². The first kappa shape index (κ1) is 16.3. The molecule has 1 heterocycles. The van der Waals surface area contributed by atoms with Gasteiger partial charge in [-0.1, -0.05) is 90.6 Å². The highest BCUT2D eigenvalue weighted by Gasteiger charge is 2.30. The van der Waals surface area contributed by atoms with Crippen molar-refractivity contribution in [2.45, 2.75) is 23.9 Å². The quantitative estimate of drug-likeness (QED) is 0.454. The maximum Gasteiger partial charge on any atom is 0.192 e. The third kappa shape index (κ3) is 2.68. The summed E-state index contributed by atoms with van der Waals surface area (Å²) >= 11 is 1.79. The van der Waals surface area contributed by atoms with E-state index < -0.39 is 0 Å². The highest BCUT2D eigenvalue weighted by atomic mass is 32.2. The van der Waals surface area contributed by atoms with Crippen molar-refractivity contribution in [2.75, 3.05) is 0 Å². The smallest absolute Gasteiger partial charge is 0.192 e. The van der Waals surface area contributed by atoms with Crippen LogP contribution in [0.2, 0.25) is 0 Å². The Hall–Kier alpha value is -2.85. The predicted octanol–water partition coefficient (Wildman–Crippen LogP) is 5.83. The van der Waals surface area contributed by atoms with E-state index in [4.69, 9.17) is 0 Å². The molecule has 4 aromatic rings. The summed E-state index contributed by atoms with van der Waals surface area (Å²) in [5, 5.41) is 10.3. The summed E-state index contributed by atoms with van der Waals surface area (Å²) in [6, 6.07) is 27.7. The van der Waals surface area contributed by atoms with Gasteiger partial charge in [0.2, 0.25) is 0 Å². The van der Waals surface area contributed by atoms with E-state index in [0.717, 1.165) is 23.1 Å². The third-order valence-electron chi connectivity index (χ3n) is 5.07. The molecule has 0 fully saturated rings. The minimum Gasteiger partial charge on any atom is -0.302 e. The molecular formula is C23H19N3S. The van der Waals surface area contributed by atoms with Gasteiger partial charge >= 0.3 is 0 Å². The van der Waals surface area contributed by atoms with Crippen LogP contribution in [-0.2, 0) is 6.54 Å². The van der Waals surface area contributed by atoms with E-state index in [1.54, 1.807) is 11.8 Å². The molecule has 0 radical (unpaired) electrons. The number of aromatic nitrogens is 3. The molecule has 132 valence electrons. The van der Waals surface area contributed by atoms with Gasteiger partial charge in [0.05, 0.1) is 5.25 Å². The Balaban J connectivity index is 1.58. The van der Waals surface area contributed by atoms with Crippen molar-refractivity contribution in [2.24, 2.45) is 0 Å². The molecular weight excluding hydrogens is 350 g/mol. The molecule has 0 N–H and O–H groups in total. The number of hydrogen-bond donors (Lipinski definition) is 0. The van der Waals surface area contributed by atoms with Crippen molar-refractivity contribution in [1.29, 1.82) is 0 Å². The Bertz CT molecular complexity index is 1060. The molecule has 0 atom stereocenters. The van der Waals surface area contributed by atoms with E-state index in [-0.39, 0.29) is 5.25 Å². The van der Waals surface area contributed by atoms with Crippen LogP contribution < -0.4 is 0 Å². The molecule has 0 saturated carbocycles. The lowest BCUT2D eigenvalue weighted by molar-refractivity contribution is 0.686. The minimum absolute atomic E-state index is 0.246. The van der Waals surface area contributed by atoms with Gasteiger partial charge in [-0.25, -0.2) is 0 Å². The van der Waals surface area contributed by atoms with Crippen LogP contribution in [0.15, 0.2) is 84.0 Å². The van der Waals surface area contributed by atoms with E-state index in [9.17, 15) is 0 Å². The number of nitrogens with zero attached hydrogens (tertiary/aromatic N) is 3. The summed E-state index contributed by atoms with van der Waals surface area (Å²) in [6.45, 7) is 2.99. The highest BCUT2D eigenvalue weighted by molar-refractivity contribution is 7.99. The lowest BCUT2D eigenvalue weighted by atomic mass is 10.1. The monoisotopic (exact) mass is 369 g/mol. The Kier molecular flexibility index (Phi) is 4.06. The van der Waals surface area contributed by atoms with E-state index in [2.05, 4.69) is 82.4 Å². The van der Waals surface area contributed by atoms with Crippen LogP contribution in [0, 0.1) is 0 Å². The zero-order valence-electron chi connectivity index (χ0n) is 15.0. The summed E-state index contributed by atoms with van der Waals surface area (Å²) in [7, 11) is 0. The minimum atomic E-state index is 0.246. The van der Waals surface area contributed by atoms with Gasteiger partial charge < -0.3 is 4.57 Å². The number of thioether (sulfide) groups is 1. The first-order chi connectivity index (χ1) is 13.4. The Labute approximate surface area is 163 Å². The van der Waals surface area contributed by atoms with Crippen LogP contribution in [0.3, 0.4) is 0 Å². The summed E-state index contributed by atoms with van der Waals surface area (Å²) < 4.78 is 2.21. The van der Waals surface area contributed by atoms with Crippen molar-refractivity contribution in [3.63, 3.8) is 0 Å². The van der Waals surface area contributed by atoms with Crippen molar-refractivity contribution in [1.82, 2.24) is 14.8 Å². The van der Waals surface area contributed by atoms with Gasteiger partial charge in [0, 0.05) is 12.1 Å². The fraction of sp³-hybridized carbons (Fsp3) is 0.130. The van der Waals surface area contributed by atoms with Crippen LogP contribution in [0.25, 0.3) is 22.5 Å². The molecule has 3 nitrogen and oxygen atoms in total. The van der Waals surface area contributed by atoms with E-state index >= 15 is 0 Å².